The lowest BCUT2D eigenvalue weighted by molar-refractivity contribution is -0.126. The first-order valence-corrected chi connectivity index (χ1v) is 6.62. The number of pyridine rings is 1. The van der Waals surface area contributed by atoms with E-state index in [2.05, 4.69) is 10.3 Å². The van der Waals surface area contributed by atoms with Crippen LogP contribution in [0.3, 0.4) is 0 Å². The molecule has 1 aromatic rings. The number of carbonyl (C=O) groups is 1. The summed E-state index contributed by atoms with van der Waals surface area (Å²) in [5.41, 5.74) is 6.80. The highest BCUT2D eigenvalue weighted by atomic mass is 16.2. The molecule has 2 rings (SSSR count). The summed E-state index contributed by atoms with van der Waals surface area (Å²) in [5.74, 6) is 0.598. The second-order valence-electron chi connectivity index (χ2n) is 5.04. The zero-order valence-corrected chi connectivity index (χ0v) is 10.8. The van der Waals surface area contributed by atoms with Crippen LogP contribution in [0.2, 0.25) is 0 Å². The third-order valence-corrected chi connectivity index (χ3v) is 3.86. The van der Waals surface area contributed by atoms with Crippen molar-refractivity contribution in [1.82, 2.24) is 10.3 Å². The van der Waals surface area contributed by atoms with Crippen LogP contribution in [0.15, 0.2) is 24.5 Å². The standard InChI is InChI=1S/C14H21N3O/c1-10(11-5-7-16-8-6-11)17-14(18)13-4-2-3-12(13)9-15/h5-8,10,12-13H,2-4,9,15H2,1H3,(H,17,18)/t10-,12?,13?/m0/s1. The van der Waals surface area contributed by atoms with E-state index in [0.29, 0.717) is 12.5 Å². The van der Waals surface area contributed by atoms with Crippen LogP contribution in [0.1, 0.15) is 37.8 Å². The summed E-state index contributed by atoms with van der Waals surface area (Å²) >= 11 is 0. The Balaban J connectivity index is 1.95. The van der Waals surface area contributed by atoms with Gasteiger partial charge in [0.05, 0.1) is 6.04 Å². The van der Waals surface area contributed by atoms with Gasteiger partial charge >= 0.3 is 0 Å². The molecule has 3 N–H and O–H groups in total. The van der Waals surface area contributed by atoms with Gasteiger partial charge < -0.3 is 11.1 Å². The number of hydrogen-bond acceptors (Lipinski definition) is 3. The third-order valence-electron chi connectivity index (χ3n) is 3.86. The summed E-state index contributed by atoms with van der Waals surface area (Å²) in [7, 11) is 0. The maximum absolute atomic E-state index is 12.2. The molecule has 0 aliphatic heterocycles. The average molecular weight is 247 g/mol. The smallest absolute Gasteiger partial charge is 0.223 e. The number of carbonyl (C=O) groups excluding carboxylic acids is 1. The summed E-state index contributed by atoms with van der Waals surface area (Å²) in [6.45, 7) is 2.61. The average Bonchev–Trinajstić information content (AvgIpc) is 2.88. The van der Waals surface area contributed by atoms with E-state index in [1.54, 1.807) is 12.4 Å². The quantitative estimate of drug-likeness (QED) is 0.849. The second-order valence-corrected chi connectivity index (χ2v) is 5.04. The van der Waals surface area contributed by atoms with Gasteiger partial charge in [-0.2, -0.15) is 0 Å². The molecule has 1 heterocycles. The lowest BCUT2D eigenvalue weighted by Gasteiger charge is -2.21. The number of rotatable bonds is 4. The molecule has 1 aliphatic carbocycles. The summed E-state index contributed by atoms with van der Waals surface area (Å²) in [6.07, 6.45) is 6.66. The summed E-state index contributed by atoms with van der Waals surface area (Å²) in [4.78, 5) is 16.2. The normalized spacial score (nSPS) is 24.8. The first-order chi connectivity index (χ1) is 8.72. The van der Waals surface area contributed by atoms with Gasteiger partial charge in [-0.05, 0) is 49.9 Å². The minimum atomic E-state index is 0.0273. The Labute approximate surface area is 108 Å². The van der Waals surface area contributed by atoms with Crippen molar-refractivity contribution >= 4 is 5.91 Å². The van der Waals surface area contributed by atoms with Crippen LogP contribution in [0.4, 0.5) is 0 Å². The van der Waals surface area contributed by atoms with E-state index in [0.717, 1.165) is 24.8 Å². The monoisotopic (exact) mass is 247 g/mol. The molecule has 1 aliphatic rings. The van der Waals surface area contributed by atoms with Crippen molar-refractivity contribution in [2.45, 2.75) is 32.2 Å². The fourth-order valence-corrected chi connectivity index (χ4v) is 2.72. The number of nitrogens with one attached hydrogen (secondary N) is 1. The Morgan fingerprint density at radius 1 is 1.50 bits per heavy atom. The van der Waals surface area contributed by atoms with Crippen LogP contribution < -0.4 is 11.1 Å². The molecule has 0 radical (unpaired) electrons. The maximum Gasteiger partial charge on any atom is 0.223 e. The molecule has 4 nitrogen and oxygen atoms in total. The summed E-state index contributed by atoms with van der Waals surface area (Å²) in [5, 5.41) is 3.08. The predicted molar refractivity (Wildman–Crippen MR) is 70.7 cm³/mol. The Morgan fingerprint density at radius 3 is 2.89 bits per heavy atom. The van der Waals surface area contributed by atoms with E-state index in [4.69, 9.17) is 5.73 Å². The Hall–Kier alpha value is -1.42. The van der Waals surface area contributed by atoms with Gasteiger partial charge in [0.2, 0.25) is 5.91 Å². The molecule has 98 valence electrons. The molecule has 1 aromatic heterocycles. The Bertz CT molecular complexity index is 393. The molecular weight excluding hydrogens is 226 g/mol. The molecule has 1 amide bonds. The van der Waals surface area contributed by atoms with Crippen molar-refractivity contribution in [3.8, 4) is 0 Å². The number of amides is 1. The zero-order valence-electron chi connectivity index (χ0n) is 10.8. The predicted octanol–water partition coefficient (Wildman–Crippen LogP) is 1.63. The molecule has 3 atom stereocenters. The number of nitrogens with two attached hydrogens (primary N) is 1. The summed E-state index contributed by atoms with van der Waals surface area (Å²) in [6, 6.07) is 3.89. The first-order valence-electron chi connectivity index (χ1n) is 6.62. The topological polar surface area (TPSA) is 68.0 Å². The maximum atomic E-state index is 12.2. The van der Waals surface area contributed by atoms with Crippen molar-refractivity contribution < 1.29 is 4.79 Å². The molecule has 1 fully saturated rings. The Morgan fingerprint density at radius 2 is 2.22 bits per heavy atom. The molecule has 0 aromatic carbocycles. The van der Waals surface area contributed by atoms with E-state index < -0.39 is 0 Å². The second kappa shape index (κ2) is 5.96. The lowest BCUT2D eigenvalue weighted by atomic mass is 9.95. The van der Waals surface area contributed by atoms with Crippen molar-refractivity contribution in [3.63, 3.8) is 0 Å². The number of aromatic nitrogens is 1. The van der Waals surface area contributed by atoms with E-state index in [9.17, 15) is 4.79 Å². The zero-order chi connectivity index (χ0) is 13.0. The van der Waals surface area contributed by atoms with Gasteiger partial charge in [0, 0.05) is 18.3 Å². The Kier molecular flexibility index (Phi) is 4.31. The fourth-order valence-electron chi connectivity index (χ4n) is 2.72. The minimum absolute atomic E-state index is 0.0273. The molecule has 18 heavy (non-hydrogen) atoms. The van der Waals surface area contributed by atoms with Crippen LogP contribution in [0.5, 0.6) is 0 Å². The van der Waals surface area contributed by atoms with Gasteiger partial charge in [-0.15, -0.1) is 0 Å². The molecule has 0 spiro atoms. The van der Waals surface area contributed by atoms with E-state index in [1.807, 2.05) is 19.1 Å². The van der Waals surface area contributed by atoms with Crippen LogP contribution in [0.25, 0.3) is 0 Å². The van der Waals surface area contributed by atoms with Gasteiger partial charge in [-0.3, -0.25) is 9.78 Å². The SMILES string of the molecule is C[C@H](NC(=O)C1CCCC1CN)c1ccncc1. The van der Waals surface area contributed by atoms with Crippen molar-refractivity contribution in [2.75, 3.05) is 6.54 Å². The van der Waals surface area contributed by atoms with Gasteiger partial charge in [-0.1, -0.05) is 6.42 Å². The molecule has 1 saturated carbocycles. The van der Waals surface area contributed by atoms with Crippen molar-refractivity contribution in [2.24, 2.45) is 17.6 Å². The van der Waals surface area contributed by atoms with Gasteiger partial charge in [-0.25, -0.2) is 0 Å². The minimum Gasteiger partial charge on any atom is -0.349 e. The highest BCUT2D eigenvalue weighted by Crippen LogP contribution is 2.31. The summed E-state index contributed by atoms with van der Waals surface area (Å²) < 4.78 is 0. The molecule has 0 bridgehead atoms. The van der Waals surface area contributed by atoms with E-state index >= 15 is 0 Å². The number of nitrogens with zero attached hydrogens (tertiary/aromatic N) is 1. The molecule has 0 saturated heterocycles. The van der Waals surface area contributed by atoms with Gasteiger partial charge in [0.15, 0.2) is 0 Å². The molecule has 4 heteroatoms. The van der Waals surface area contributed by atoms with Gasteiger partial charge in [0.25, 0.3) is 0 Å². The van der Waals surface area contributed by atoms with E-state index in [1.165, 1.54) is 0 Å². The van der Waals surface area contributed by atoms with Crippen molar-refractivity contribution in [1.29, 1.82) is 0 Å². The van der Waals surface area contributed by atoms with Crippen LogP contribution in [0, 0.1) is 11.8 Å². The first kappa shape index (κ1) is 13.0. The lowest BCUT2D eigenvalue weighted by Crippen LogP contribution is -2.36. The van der Waals surface area contributed by atoms with Crippen molar-refractivity contribution in [3.05, 3.63) is 30.1 Å². The fraction of sp³-hybridized carbons (Fsp3) is 0.571. The highest BCUT2D eigenvalue weighted by molar-refractivity contribution is 5.79. The number of hydrogen-bond donors (Lipinski definition) is 2. The van der Waals surface area contributed by atoms with Gasteiger partial charge in [0.1, 0.15) is 0 Å². The molecule has 2 unspecified atom stereocenters. The third kappa shape index (κ3) is 2.88. The highest BCUT2D eigenvalue weighted by Gasteiger charge is 2.32. The van der Waals surface area contributed by atoms with E-state index in [-0.39, 0.29) is 17.9 Å². The molecular formula is C14H21N3O. The van der Waals surface area contributed by atoms with Crippen LogP contribution in [-0.2, 0) is 4.79 Å². The van der Waals surface area contributed by atoms with Crippen LogP contribution in [-0.4, -0.2) is 17.4 Å². The van der Waals surface area contributed by atoms with Crippen LogP contribution >= 0.6 is 0 Å². The largest absolute Gasteiger partial charge is 0.349 e.